The van der Waals surface area contributed by atoms with Gasteiger partial charge in [-0.25, -0.2) is 10.4 Å². The maximum atomic E-state index is 13.2. The van der Waals surface area contributed by atoms with Crippen molar-refractivity contribution >= 4 is 44.2 Å². The SMILES string of the molecule is C=C(NCCc1ccc(N2CCNCC2)c(C2=CN(C(F)F)NC2)c1)c1sc2nc(C)ccc2c1N. The van der Waals surface area contributed by atoms with Crippen LogP contribution in [-0.2, 0) is 6.42 Å². The van der Waals surface area contributed by atoms with E-state index >= 15 is 0 Å². The molecule has 0 bridgehead atoms. The first-order chi connectivity index (χ1) is 17.4. The van der Waals surface area contributed by atoms with Crippen LogP contribution in [-0.4, -0.2) is 55.8 Å². The lowest BCUT2D eigenvalue weighted by atomic mass is 9.99. The minimum absolute atomic E-state index is 0.376. The van der Waals surface area contributed by atoms with Crippen LogP contribution in [0.15, 0.2) is 43.1 Å². The van der Waals surface area contributed by atoms with Crippen molar-refractivity contribution in [1.82, 2.24) is 26.1 Å². The highest BCUT2D eigenvalue weighted by molar-refractivity contribution is 7.20. The van der Waals surface area contributed by atoms with Gasteiger partial charge in [-0.1, -0.05) is 12.6 Å². The molecule has 2 aromatic heterocycles. The van der Waals surface area contributed by atoms with Crippen molar-refractivity contribution in [1.29, 1.82) is 0 Å². The number of pyridine rings is 1. The first kappa shape index (κ1) is 24.5. The molecule has 0 radical (unpaired) electrons. The molecule has 0 unspecified atom stereocenters. The number of nitrogen functional groups attached to an aromatic ring is 1. The zero-order valence-electron chi connectivity index (χ0n) is 20.3. The predicted molar refractivity (Wildman–Crippen MR) is 145 cm³/mol. The number of aryl methyl sites for hydroxylation is 1. The van der Waals surface area contributed by atoms with Gasteiger partial charge in [0.15, 0.2) is 0 Å². The van der Waals surface area contributed by atoms with E-state index in [0.29, 0.717) is 18.8 Å². The highest BCUT2D eigenvalue weighted by Crippen LogP contribution is 2.36. The number of nitrogens with zero attached hydrogens (tertiary/aromatic N) is 3. The van der Waals surface area contributed by atoms with Crippen LogP contribution in [0.3, 0.4) is 0 Å². The molecule has 3 aromatic rings. The number of hydrogen-bond acceptors (Lipinski definition) is 8. The zero-order chi connectivity index (χ0) is 25.2. The number of fused-ring (bicyclic) bond motifs is 1. The van der Waals surface area contributed by atoms with Crippen LogP contribution in [0.25, 0.3) is 21.5 Å². The first-order valence-corrected chi connectivity index (χ1v) is 12.9. The maximum absolute atomic E-state index is 13.2. The minimum atomic E-state index is -2.58. The number of rotatable bonds is 8. The fourth-order valence-electron chi connectivity index (χ4n) is 4.65. The number of halogens is 2. The second-order valence-electron chi connectivity index (χ2n) is 9.07. The zero-order valence-corrected chi connectivity index (χ0v) is 21.1. The topological polar surface area (TPSA) is 81.5 Å². The third-order valence-electron chi connectivity index (χ3n) is 6.58. The molecule has 4 heterocycles. The molecule has 1 saturated heterocycles. The number of benzene rings is 1. The smallest absolute Gasteiger partial charge is 0.327 e. The Morgan fingerprint density at radius 2 is 2.06 bits per heavy atom. The number of hydrogen-bond donors (Lipinski definition) is 4. The Bertz CT molecular complexity index is 1300. The van der Waals surface area contributed by atoms with E-state index in [-0.39, 0.29) is 0 Å². The lowest BCUT2D eigenvalue weighted by molar-refractivity contribution is -0.0170. The van der Waals surface area contributed by atoms with Gasteiger partial charge in [0, 0.05) is 73.5 Å². The molecule has 5 N–H and O–H groups in total. The number of hydrazine groups is 1. The number of thiophene rings is 1. The van der Waals surface area contributed by atoms with Crippen LogP contribution in [0.2, 0.25) is 0 Å². The largest absolute Gasteiger partial charge is 0.397 e. The van der Waals surface area contributed by atoms with Crippen LogP contribution in [0.5, 0.6) is 0 Å². The van der Waals surface area contributed by atoms with E-state index in [1.165, 1.54) is 6.20 Å². The van der Waals surface area contributed by atoms with Crippen molar-refractivity contribution in [3.63, 3.8) is 0 Å². The third kappa shape index (κ3) is 5.02. The van der Waals surface area contributed by atoms with Crippen LogP contribution in [0.1, 0.15) is 21.7 Å². The minimum Gasteiger partial charge on any atom is -0.397 e. The quantitative estimate of drug-likeness (QED) is 0.343. The van der Waals surface area contributed by atoms with Gasteiger partial charge in [-0.05, 0) is 48.7 Å². The summed E-state index contributed by atoms with van der Waals surface area (Å²) in [5, 5.41) is 8.60. The molecule has 1 aromatic carbocycles. The second-order valence-corrected chi connectivity index (χ2v) is 10.1. The average Bonchev–Trinajstić information content (AvgIpc) is 3.50. The van der Waals surface area contributed by atoms with Crippen molar-refractivity contribution < 1.29 is 8.78 Å². The van der Waals surface area contributed by atoms with Gasteiger partial charge in [-0.2, -0.15) is 8.78 Å². The van der Waals surface area contributed by atoms with Crippen molar-refractivity contribution in [2.24, 2.45) is 0 Å². The maximum Gasteiger partial charge on any atom is 0.327 e. The third-order valence-corrected chi connectivity index (χ3v) is 7.76. The number of piperazine rings is 1. The van der Waals surface area contributed by atoms with Crippen molar-refractivity contribution in [3.8, 4) is 0 Å². The van der Waals surface area contributed by atoms with E-state index in [0.717, 1.165) is 86.5 Å². The molecule has 5 rings (SSSR count). The summed E-state index contributed by atoms with van der Waals surface area (Å²) >= 11 is 1.54. The molecule has 0 atom stereocenters. The van der Waals surface area contributed by atoms with Crippen molar-refractivity contribution in [2.75, 3.05) is 49.9 Å². The Labute approximate surface area is 213 Å². The van der Waals surface area contributed by atoms with E-state index in [2.05, 4.69) is 50.7 Å². The lowest BCUT2D eigenvalue weighted by Gasteiger charge is -2.31. The Kier molecular flexibility index (Phi) is 7.08. The first-order valence-electron chi connectivity index (χ1n) is 12.1. The summed E-state index contributed by atoms with van der Waals surface area (Å²) < 4.78 is 26.5. The molecule has 10 heteroatoms. The van der Waals surface area contributed by atoms with Crippen LogP contribution < -0.4 is 26.7 Å². The van der Waals surface area contributed by atoms with E-state index in [1.807, 2.05) is 19.1 Å². The highest BCUT2D eigenvalue weighted by atomic mass is 32.1. The molecular formula is C26H31F2N7S. The molecule has 7 nitrogen and oxygen atoms in total. The molecule has 190 valence electrons. The summed E-state index contributed by atoms with van der Waals surface area (Å²) in [6, 6.07) is 10.3. The van der Waals surface area contributed by atoms with Gasteiger partial charge < -0.3 is 21.3 Å². The predicted octanol–water partition coefficient (Wildman–Crippen LogP) is 3.78. The molecular weight excluding hydrogens is 480 g/mol. The van der Waals surface area contributed by atoms with Gasteiger partial charge >= 0.3 is 6.55 Å². The molecule has 0 aliphatic carbocycles. The van der Waals surface area contributed by atoms with Crippen molar-refractivity contribution in [3.05, 3.63) is 64.8 Å². The number of nitrogens with one attached hydrogen (secondary N) is 3. The number of aromatic nitrogens is 1. The highest BCUT2D eigenvalue weighted by Gasteiger charge is 2.24. The van der Waals surface area contributed by atoms with E-state index in [4.69, 9.17) is 5.73 Å². The summed E-state index contributed by atoms with van der Waals surface area (Å²) in [7, 11) is 0. The summed E-state index contributed by atoms with van der Waals surface area (Å²) in [5.41, 5.74) is 15.7. The second kappa shape index (κ2) is 10.4. The summed E-state index contributed by atoms with van der Waals surface area (Å²) in [5.74, 6) is 0. The van der Waals surface area contributed by atoms with Gasteiger partial charge in [-0.15, -0.1) is 11.3 Å². The molecule has 36 heavy (non-hydrogen) atoms. The van der Waals surface area contributed by atoms with Gasteiger partial charge in [0.25, 0.3) is 0 Å². The van der Waals surface area contributed by atoms with Crippen molar-refractivity contribution in [2.45, 2.75) is 19.9 Å². The van der Waals surface area contributed by atoms with E-state index in [9.17, 15) is 8.78 Å². The fraction of sp³-hybridized carbons (Fsp3) is 0.346. The number of nitrogens with two attached hydrogens (primary N) is 1. The van der Waals surface area contributed by atoms with Crippen LogP contribution in [0.4, 0.5) is 20.2 Å². The summed E-state index contributed by atoms with van der Waals surface area (Å²) in [4.78, 5) is 8.72. The normalized spacial score (nSPS) is 16.2. The Morgan fingerprint density at radius 1 is 1.25 bits per heavy atom. The average molecular weight is 512 g/mol. The van der Waals surface area contributed by atoms with Crippen LogP contribution >= 0.6 is 11.3 Å². The standard InChI is InChI=1S/C26H31F2N7S/c1-16-3-5-20-23(29)24(36-25(20)33-16)17(2)31-8-7-18-4-6-22(34-11-9-30-10-12-34)21(13-18)19-14-32-35(15-19)26(27)28/h3-6,13,15,26,30-32H,2,7-12,14,29H2,1H3. The molecule has 0 amide bonds. The summed E-state index contributed by atoms with van der Waals surface area (Å²) in [6.45, 7) is 8.22. The molecule has 2 aliphatic rings. The van der Waals surface area contributed by atoms with E-state index < -0.39 is 6.55 Å². The van der Waals surface area contributed by atoms with Gasteiger partial charge in [0.1, 0.15) is 4.83 Å². The number of alkyl halides is 2. The number of anilines is 2. The Balaban J connectivity index is 1.32. The Morgan fingerprint density at radius 3 is 2.81 bits per heavy atom. The van der Waals surface area contributed by atoms with Gasteiger partial charge in [0.2, 0.25) is 0 Å². The fourth-order valence-corrected chi connectivity index (χ4v) is 5.74. The molecule has 1 fully saturated rings. The van der Waals surface area contributed by atoms with Gasteiger partial charge in [-0.3, -0.25) is 5.01 Å². The molecule has 2 aliphatic heterocycles. The monoisotopic (exact) mass is 511 g/mol. The van der Waals surface area contributed by atoms with Crippen LogP contribution in [0, 0.1) is 6.92 Å². The Hall–Kier alpha value is -3.21. The molecule has 0 saturated carbocycles. The van der Waals surface area contributed by atoms with Gasteiger partial charge in [0.05, 0.1) is 10.6 Å². The molecule has 0 spiro atoms. The van der Waals surface area contributed by atoms with E-state index in [1.54, 1.807) is 11.3 Å². The summed E-state index contributed by atoms with van der Waals surface area (Å²) in [6.07, 6.45) is 2.28. The lowest BCUT2D eigenvalue weighted by Crippen LogP contribution is -2.43.